The van der Waals surface area contributed by atoms with Crippen LogP contribution in [0.4, 0.5) is 13.2 Å². The second kappa shape index (κ2) is 4.95. The van der Waals surface area contributed by atoms with Crippen molar-refractivity contribution in [3.63, 3.8) is 0 Å². The zero-order chi connectivity index (χ0) is 14.0. The number of benzene rings is 1. The van der Waals surface area contributed by atoms with Crippen LogP contribution in [-0.2, 0) is 12.7 Å². The molecular weight excluding hydrogens is 257 g/mol. The van der Waals surface area contributed by atoms with Gasteiger partial charge < -0.3 is 4.74 Å². The Morgan fingerprint density at radius 1 is 1.26 bits per heavy atom. The summed E-state index contributed by atoms with van der Waals surface area (Å²) in [4.78, 5) is 0. The van der Waals surface area contributed by atoms with Gasteiger partial charge in [-0.1, -0.05) is 12.1 Å². The van der Waals surface area contributed by atoms with E-state index in [4.69, 9.17) is 4.74 Å². The highest BCUT2D eigenvalue weighted by Crippen LogP contribution is 2.28. The van der Waals surface area contributed by atoms with Gasteiger partial charge >= 0.3 is 6.18 Å². The van der Waals surface area contributed by atoms with E-state index >= 15 is 0 Å². The van der Waals surface area contributed by atoms with E-state index in [2.05, 4.69) is 12.0 Å². The van der Waals surface area contributed by atoms with Gasteiger partial charge in [0.1, 0.15) is 5.75 Å². The van der Waals surface area contributed by atoms with E-state index in [9.17, 15) is 13.2 Å². The Bertz CT molecular complexity index is 558. The van der Waals surface area contributed by atoms with E-state index in [1.54, 1.807) is 31.4 Å². The Morgan fingerprint density at radius 3 is 2.37 bits per heavy atom. The predicted octanol–water partition coefficient (Wildman–Crippen LogP) is 3.14. The molecule has 0 bridgehead atoms. The minimum Gasteiger partial charge on any atom is -0.497 e. The minimum atomic E-state index is -4.45. The monoisotopic (exact) mass is 269 g/mol. The molecule has 0 fully saturated rings. The van der Waals surface area contributed by atoms with Crippen molar-refractivity contribution in [2.24, 2.45) is 0 Å². The Balaban J connectivity index is 2.20. The van der Waals surface area contributed by atoms with Crippen molar-refractivity contribution in [2.75, 3.05) is 7.11 Å². The summed E-state index contributed by atoms with van der Waals surface area (Å²) in [5.74, 6) is 0.690. The zero-order valence-corrected chi connectivity index (χ0v) is 10.2. The van der Waals surface area contributed by atoms with Gasteiger partial charge in [0.2, 0.25) is 0 Å². The summed E-state index contributed by atoms with van der Waals surface area (Å²) in [6, 6.07) is 7.96. The fraction of sp³-hybridized carbons (Fsp3) is 0.231. The molecule has 2 rings (SSSR count). The lowest BCUT2D eigenvalue weighted by Gasteiger charge is -2.06. The van der Waals surface area contributed by atoms with Crippen LogP contribution in [0.3, 0.4) is 0 Å². The van der Waals surface area contributed by atoms with Crippen molar-refractivity contribution in [1.82, 2.24) is 9.78 Å². The average Bonchev–Trinajstić information content (AvgIpc) is 2.72. The molecule has 3 nitrogen and oxygen atoms in total. The van der Waals surface area contributed by atoms with Gasteiger partial charge in [0, 0.05) is 5.69 Å². The Morgan fingerprint density at radius 2 is 1.89 bits per heavy atom. The van der Waals surface area contributed by atoms with E-state index in [0.717, 1.165) is 11.6 Å². The molecule has 0 spiro atoms. The molecule has 0 aliphatic heterocycles. The molecule has 0 N–H and O–H groups in total. The molecule has 0 atom stereocenters. The predicted molar refractivity (Wildman–Crippen MR) is 63.8 cm³/mol. The van der Waals surface area contributed by atoms with Gasteiger partial charge in [-0.25, -0.2) is 0 Å². The van der Waals surface area contributed by atoms with Crippen LogP contribution in [0.2, 0.25) is 0 Å². The second-order valence-electron chi connectivity index (χ2n) is 4.02. The normalized spacial score (nSPS) is 11.6. The third-order valence-electron chi connectivity index (χ3n) is 2.65. The number of aromatic nitrogens is 2. The Hall–Kier alpha value is -1.98. The number of alkyl halides is 3. The smallest absolute Gasteiger partial charge is 0.435 e. The van der Waals surface area contributed by atoms with Crippen LogP contribution in [-0.4, -0.2) is 16.9 Å². The fourth-order valence-electron chi connectivity index (χ4n) is 1.63. The van der Waals surface area contributed by atoms with E-state index in [1.807, 2.05) is 0 Å². The lowest BCUT2D eigenvalue weighted by atomic mass is 10.2. The van der Waals surface area contributed by atoms with Gasteiger partial charge in [0.25, 0.3) is 0 Å². The fourth-order valence-corrected chi connectivity index (χ4v) is 1.63. The SMILES string of the molecule is [CH2]c1cc(C(F)(F)F)nn1Cc1ccc(OC)cc1. The maximum atomic E-state index is 12.5. The van der Waals surface area contributed by atoms with Crippen molar-refractivity contribution in [2.45, 2.75) is 12.7 Å². The molecule has 0 saturated heterocycles. The van der Waals surface area contributed by atoms with Gasteiger partial charge in [-0.05, 0) is 30.7 Å². The van der Waals surface area contributed by atoms with Gasteiger partial charge in [0.15, 0.2) is 5.69 Å². The molecule has 1 aromatic heterocycles. The number of methoxy groups -OCH3 is 1. The summed E-state index contributed by atoms with van der Waals surface area (Å²) in [5, 5.41) is 3.52. The molecule has 19 heavy (non-hydrogen) atoms. The Kier molecular flexibility index (Phi) is 3.50. The lowest BCUT2D eigenvalue weighted by molar-refractivity contribution is -0.141. The van der Waals surface area contributed by atoms with Crippen LogP contribution in [0.1, 0.15) is 17.0 Å². The van der Waals surface area contributed by atoms with Crippen molar-refractivity contribution in [3.05, 3.63) is 54.2 Å². The molecule has 101 valence electrons. The van der Waals surface area contributed by atoms with Gasteiger partial charge in [-0.2, -0.15) is 18.3 Å². The van der Waals surface area contributed by atoms with Crippen LogP contribution in [0.15, 0.2) is 30.3 Å². The molecule has 1 aromatic carbocycles. The highest BCUT2D eigenvalue weighted by molar-refractivity contribution is 5.28. The summed E-state index contributed by atoms with van der Waals surface area (Å²) in [5.41, 5.74) is 0.122. The Labute approximate surface area is 108 Å². The first kappa shape index (κ1) is 13.5. The average molecular weight is 269 g/mol. The number of hydrogen-bond acceptors (Lipinski definition) is 2. The van der Waals surface area contributed by atoms with Crippen molar-refractivity contribution < 1.29 is 17.9 Å². The summed E-state index contributed by atoms with van der Waals surface area (Å²) in [7, 11) is 1.55. The van der Waals surface area contributed by atoms with Crippen LogP contribution < -0.4 is 4.74 Å². The molecule has 0 saturated carbocycles. The summed E-state index contributed by atoms with van der Waals surface area (Å²) < 4.78 is 43.7. The maximum absolute atomic E-state index is 12.5. The summed E-state index contributed by atoms with van der Waals surface area (Å²) in [6.07, 6.45) is -4.45. The van der Waals surface area contributed by atoms with E-state index < -0.39 is 11.9 Å². The molecule has 2 aromatic rings. The van der Waals surface area contributed by atoms with E-state index in [1.165, 1.54) is 4.68 Å². The van der Waals surface area contributed by atoms with Gasteiger partial charge in [-0.3, -0.25) is 4.68 Å². The highest BCUT2D eigenvalue weighted by Gasteiger charge is 2.34. The maximum Gasteiger partial charge on any atom is 0.435 e. The lowest BCUT2D eigenvalue weighted by Crippen LogP contribution is -2.09. The van der Waals surface area contributed by atoms with Crippen molar-refractivity contribution >= 4 is 0 Å². The zero-order valence-electron chi connectivity index (χ0n) is 10.2. The molecule has 6 heteroatoms. The molecule has 1 radical (unpaired) electrons. The third kappa shape index (κ3) is 3.07. The van der Waals surface area contributed by atoms with Crippen molar-refractivity contribution in [3.8, 4) is 5.75 Å². The minimum absolute atomic E-state index is 0.225. The van der Waals surface area contributed by atoms with E-state index in [-0.39, 0.29) is 12.2 Å². The van der Waals surface area contributed by atoms with Gasteiger partial charge in [-0.15, -0.1) is 0 Å². The standard InChI is InChI=1S/C13H12F3N2O/c1-9-7-12(13(14,15)16)17-18(9)8-10-3-5-11(19-2)6-4-10/h3-7H,1,8H2,2H3. The third-order valence-corrected chi connectivity index (χ3v) is 2.65. The van der Waals surface area contributed by atoms with E-state index in [0.29, 0.717) is 5.75 Å². The molecule has 0 amide bonds. The first-order chi connectivity index (χ1) is 8.90. The molecule has 1 heterocycles. The number of ether oxygens (including phenoxy) is 1. The number of hydrogen-bond donors (Lipinski definition) is 0. The number of nitrogens with zero attached hydrogens (tertiary/aromatic N) is 2. The van der Waals surface area contributed by atoms with Crippen LogP contribution in [0, 0.1) is 6.92 Å². The van der Waals surface area contributed by atoms with Crippen LogP contribution in [0.5, 0.6) is 5.75 Å². The molecule has 0 unspecified atom stereocenters. The first-order valence-corrected chi connectivity index (χ1v) is 5.50. The van der Waals surface area contributed by atoms with Crippen LogP contribution >= 0.6 is 0 Å². The van der Waals surface area contributed by atoms with Crippen LogP contribution in [0.25, 0.3) is 0 Å². The van der Waals surface area contributed by atoms with Gasteiger partial charge in [0.05, 0.1) is 13.7 Å². The molecule has 0 aliphatic carbocycles. The number of rotatable bonds is 3. The van der Waals surface area contributed by atoms with Crippen molar-refractivity contribution in [1.29, 1.82) is 0 Å². The second-order valence-corrected chi connectivity index (χ2v) is 4.02. The highest BCUT2D eigenvalue weighted by atomic mass is 19.4. The topological polar surface area (TPSA) is 27.1 Å². The summed E-state index contributed by atoms with van der Waals surface area (Å²) in [6.45, 7) is 3.80. The number of halogens is 3. The summed E-state index contributed by atoms with van der Waals surface area (Å²) >= 11 is 0. The first-order valence-electron chi connectivity index (χ1n) is 5.50. The molecular formula is C13H12F3N2O. The largest absolute Gasteiger partial charge is 0.497 e. The molecule has 0 aliphatic rings. The quantitative estimate of drug-likeness (QED) is 0.856.